The van der Waals surface area contributed by atoms with Crippen LogP contribution in [0.2, 0.25) is 0 Å². The van der Waals surface area contributed by atoms with Crippen molar-refractivity contribution in [2.24, 2.45) is 0 Å². The molecule has 0 aliphatic heterocycles. The van der Waals surface area contributed by atoms with Gasteiger partial charge in [0.25, 0.3) is 5.56 Å². The number of rotatable bonds is 5. The summed E-state index contributed by atoms with van der Waals surface area (Å²) in [6.45, 7) is 2.30. The Hall–Kier alpha value is -2.83. The molecule has 3 heterocycles. The first-order valence-corrected chi connectivity index (χ1v) is 6.90. The molecule has 0 aromatic carbocycles. The predicted octanol–water partition coefficient (Wildman–Crippen LogP) is 2.14. The van der Waals surface area contributed by atoms with Crippen molar-refractivity contribution in [3.05, 3.63) is 52.5 Å². The largest absolute Gasteiger partial charge is 0.508 e. The van der Waals surface area contributed by atoms with E-state index >= 15 is 0 Å². The second kappa shape index (κ2) is 5.88. The monoisotopic (exact) mass is 301 g/mol. The maximum atomic E-state index is 11.8. The normalized spacial score (nSPS) is 11.0. The Morgan fingerprint density at radius 3 is 2.95 bits per heavy atom. The Bertz CT molecular complexity index is 818. The second-order valence-corrected chi connectivity index (χ2v) is 4.94. The molecule has 0 atom stereocenters. The van der Waals surface area contributed by atoms with Crippen LogP contribution in [-0.2, 0) is 13.0 Å². The Kier molecular flexibility index (Phi) is 3.78. The molecule has 0 spiro atoms. The van der Waals surface area contributed by atoms with Crippen molar-refractivity contribution < 1.29 is 14.0 Å². The molecule has 3 aromatic rings. The first kappa shape index (κ1) is 14.1. The van der Waals surface area contributed by atoms with E-state index in [0.29, 0.717) is 42.6 Å². The summed E-state index contributed by atoms with van der Waals surface area (Å²) in [5, 5.41) is 13.2. The molecular formula is C15H15N3O4. The van der Waals surface area contributed by atoms with E-state index in [4.69, 9.17) is 8.94 Å². The predicted molar refractivity (Wildman–Crippen MR) is 77.4 cm³/mol. The van der Waals surface area contributed by atoms with Crippen LogP contribution in [-0.4, -0.2) is 19.8 Å². The zero-order valence-corrected chi connectivity index (χ0v) is 12.0. The summed E-state index contributed by atoms with van der Waals surface area (Å²) in [5.74, 6) is 1.45. The van der Waals surface area contributed by atoms with Crippen molar-refractivity contribution in [1.82, 2.24) is 14.7 Å². The van der Waals surface area contributed by atoms with Gasteiger partial charge in [-0.3, -0.25) is 4.79 Å². The third kappa shape index (κ3) is 2.93. The van der Waals surface area contributed by atoms with Gasteiger partial charge in [0.15, 0.2) is 5.76 Å². The molecule has 114 valence electrons. The molecule has 7 heteroatoms. The number of aromatic nitrogens is 3. The minimum absolute atomic E-state index is 0.0151. The first-order valence-electron chi connectivity index (χ1n) is 6.90. The second-order valence-electron chi connectivity index (χ2n) is 4.94. The van der Waals surface area contributed by atoms with Gasteiger partial charge in [-0.15, -0.1) is 0 Å². The van der Waals surface area contributed by atoms with Crippen molar-refractivity contribution in [2.45, 2.75) is 26.3 Å². The molecule has 3 rings (SSSR count). The smallest absolute Gasteiger partial charge is 0.254 e. The van der Waals surface area contributed by atoms with Crippen LogP contribution in [0.25, 0.3) is 11.6 Å². The van der Waals surface area contributed by atoms with E-state index in [2.05, 4.69) is 10.1 Å². The molecule has 0 saturated carbocycles. The van der Waals surface area contributed by atoms with Gasteiger partial charge in [0, 0.05) is 24.7 Å². The maximum Gasteiger partial charge on any atom is 0.254 e. The van der Waals surface area contributed by atoms with Gasteiger partial charge in [0.05, 0.1) is 6.26 Å². The van der Waals surface area contributed by atoms with Gasteiger partial charge in [0.2, 0.25) is 11.7 Å². The average molecular weight is 301 g/mol. The van der Waals surface area contributed by atoms with Crippen LogP contribution in [0.4, 0.5) is 0 Å². The van der Waals surface area contributed by atoms with Gasteiger partial charge >= 0.3 is 0 Å². The molecule has 0 aliphatic rings. The summed E-state index contributed by atoms with van der Waals surface area (Å²) >= 11 is 0. The van der Waals surface area contributed by atoms with Gasteiger partial charge in [-0.1, -0.05) is 5.16 Å². The number of aryl methyl sites for hydroxylation is 2. The van der Waals surface area contributed by atoms with Gasteiger partial charge in [-0.25, -0.2) is 0 Å². The summed E-state index contributed by atoms with van der Waals surface area (Å²) in [6, 6.07) is 6.27. The van der Waals surface area contributed by atoms with E-state index in [1.54, 1.807) is 36.0 Å². The van der Waals surface area contributed by atoms with Crippen LogP contribution in [0.5, 0.6) is 5.75 Å². The molecule has 0 aliphatic carbocycles. The quantitative estimate of drug-likeness (QED) is 0.776. The van der Waals surface area contributed by atoms with Crippen molar-refractivity contribution in [1.29, 1.82) is 0 Å². The van der Waals surface area contributed by atoms with Gasteiger partial charge in [-0.05, 0) is 31.5 Å². The molecule has 0 radical (unpaired) electrons. The SMILES string of the molecule is Cc1cc(O)cc(=O)n1CCCc1nc(-c2ccco2)no1. The van der Waals surface area contributed by atoms with E-state index in [0.717, 1.165) is 0 Å². The molecule has 0 unspecified atom stereocenters. The van der Waals surface area contributed by atoms with Crippen molar-refractivity contribution >= 4 is 0 Å². The lowest BCUT2D eigenvalue weighted by Gasteiger charge is -2.08. The van der Waals surface area contributed by atoms with Gasteiger partial charge < -0.3 is 18.6 Å². The number of hydrogen-bond acceptors (Lipinski definition) is 6. The molecule has 1 N–H and O–H groups in total. The third-order valence-electron chi connectivity index (χ3n) is 3.30. The Morgan fingerprint density at radius 1 is 1.36 bits per heavy atom. The number of hydrogen-bond donors (Lipinski definition) is 1. The van der Waals surface area contributed by atoms with E-state index in [1.165, 1.54) is 6.07 Å². The molecular weight excluding hydrogens is 286 g/mol. The standard InChI is InChI=1S/C15H15N3O4/c1-10-8-11(19)9-14(20)18(10)6-2-5-13-16-15(17-22-13)12-4-3-7-21-12/h3-4,7-9,19H,2,5-6H2,1H3. The van der Waals surface area contributed by atoms with Crippen molar-refractivity contribution in [3.8, 4) is 17.3 Å². The van der Waals surface area contributed by atoms with Crippen LogP contribution >= 0.6 is 0 Å². The fraction of sp³-hybridized carbons (Fsp3) is 0.267. The van der Waals surface area contributed by atoms with Crippen LogP contribution in [0.3, 0.4) is 0 Å². The van der Waals surface area contributed by atoms with E-state index in [9.17, 15) is 9.90 Å². The topological polar surface area (TPSA) is 94.3 Å². The van der Waals surface area contributed by atoms with E-state index in [-0.39, 0.29) is 11.3 Å². The number of aromatic hydroxyl groups is 1. The molecule has 22 heavy (non-hydrogen) atoms. The summed E-state index contributed by atoms with van der Waals surface area (Å²) in [4.78, 5) is 16.0. The maximum absolute atomic E-state index is 11.8. The zero-order chi connectivity index (χ0) is 15.5. The number of nitrogens with zero attached hydrogens (tertiary/aromatic N) is 3. The Balaban J connectivity index is 1.63. The highest BCUT2D eigenvalue weighted by Crippen LogP contribution is 2.16. The lowest BCUT2D eigenvalue weighted by atomic mass is 10.2. The summed E-state index contributed by atoms with van der Waals surface area (Å²) in [6.07, 6.45) is 2.77. The van der Waals surface area contributed by atoms with Crippen molar-refractivity contribution in [2.75, 3.05) is 0 Å². The lowest BCUT2D eigenvalue weighted by molar-refractivity contribution is 0.371. The highest BCUT2D eigenvalue weighted by molar-refractivity contribution is 5.44. The molecule has 3 aromatic heterocycles. The average Bonchev–Trinajstić information content (AvgIpc) is 3.12. The zero-order valence-electron chi connectivity index (χ0n) is 12.0. The Labute approximate surface area is 125 Å². The van der Waals surface area contributed by atoms with E-state index < -0.39 is 0 Å². The fourth-order valence-electron chi connectivity index (χ4n) is 2.25. The number of furan rings is 1. The highest BCUT2D eigenvalue weighted by atomic mass is 16.5. The van der Waals surface area contributed by atoms with Crippen LogP contribution in [0.15, 0.2) is 44.3 Å². The first-order chi connectivity index (χ1) is 10.6. The molecule has 0 amide bonds. The molecule has 0 saturated heterocycles. The van der Waals surface area contributed by atoms with Gasteiger partial charge in [-0.2, -0.15) is 4.98 Å². The van der Waals surface area contributed by atoms with Crippen LogP contribution < -0.4 is 5.56 Å². The Morgan fingerprint density at radius 2 is 2.23 bits per heavy atom. The fourth-order valence-corrected chi connectivity index (χ4v) is 2.25. The highest BCUT2D eigenvalue weighted by Gasteiger charge is 2.11. The third-order valence-corrected chi connectivity index (χ3v) is 3.30. The summed E-state index contributed by atoms with van der Waals surface area (Å²) in [5.41, 5.74) is 0.492. The molecule has 7 nitrogen and oxygen atoms in total. The lowest BCUT2D eigenvalue weighted by Crippen LogP contribution is -2.21. The summed E-state index contributed by atoms with van der Waals surface area (Å²) in [7, 11) is 0. The van der Waals surface area contributed by atoms with E-state index in [1.807, 2.05) is 0 Å². The minimum Gasteiger partial charge on any atom is -0.508 e. The van der Waals surface area contributed by atoms with Crippen molar-refractivity contribution in [3.63, 3.8) is 0 Å². The molecule has 0 fully saturated rings. The minimum atomic E-state index is -0.223. The van der Waals surface area contributed by atoms with Gasteiger partial charge in [0.1, 0.15) is 5.75 Å². The van der Waals surface area contributed by atoms with Crippen LogP contribution in [0, 0.1) is 6.92 Å². The number of pyridine rings is 1. The van der Waals surface area contributed by atoms with Crippen LogP contribution in [0.1, 0.15) is 18.0 Å². The molecule has 0 bridgehead atoms. The summed E-state index contributed by atoms with van der Waals surface area (Å²) < 4.78 is 12.0.